The highest BCUT2D eigenvalue weighted by atomic mass is 19.1. The van der Waals surface area contributed by atoms with E-state index in [9.17, 15) is 4.39 Å². The fourth-order valence-corrected chi connectivity index (χ4v) is 1.94. The van der Waals surface area contributed by atoms with E-state index in [0.29, 0.717) is 11.3 Å². The molecule has 76 valence electrons. The van der Waals surface area contributed by atoms with Gasteiger partial charge >= 0.3 is 0 Å². The van der Waals surface area contributed by atoms with Crippen molar-refractivity contribution in [2.45, 2.75) is 12.6 Å². The smallest absolute Gasteiger partial charge is 0.131 e. The van der Waals surface area contributed by atoms with E-state index in [4.69, 9.17) is 5.73 Å². The summed E-state index contributed by atoms with van der Waals surface area (Å²) >= 11 is 0. The Morgan fingerprint density at radius 1 is 1.43 bits per heavy atom. The number of alkyl halides is 1. The van der Waals surface area contributed by atoms with Gasteiger partial charge in [-0.1, -0.05) is 18.2 Å². The van der Waals surface area contributed by atoms with E-state index >= 15 is 0 Å². The lowest BCUT2D eigenvalue weighted by Crippen LogP contribution is -2.14. The standard InChI is InChI=1S/C11H15FN2/c12-11(8-5-6-14-7-8)9-3-1-2-4-10(9)13/h1-4,8,11,14H,5-7,13H2. The van der Waals surface area contributed by atoms with E-state index in [2.05, 4.69) is 5.32 Å². The molecule has 0 spiro atoms. The molecule has 3 N–H and O–H groups in total. The molecule has 1 saturated heterocycles. The maximum atomic E-state index is 14.0. The fourth-order valence-electron chi connectivity index (χ4n) is 1.94. The van der Waals surface area contributed by atoms with Crippen LogP contribution in [-0.4, -0.2) is 13.1 Å². The molecule has 2 unspecified atom stereocenters. The Hall–Kier alpha value is -1.09. The van der Waals surface area contributed by atoms with Crippen LogP contribution < -0.4 is 11.1 Å². The Morgan fingerprint density at radius 2 is 2.21 bits per heavy atom. The van der Waals surface area contributed by atoms with Gasteiger partial charge in [0.2, 0.25) is 0 Å². The number of nitrogens with two attached hydrogens (primary N) is 1. The fraction of sp³-hybridized carbons (Fsp3) is 0.455. The lowest BCUT2D eigenvalue weighted by Gasteiger charge is -2.16. The Labute approximate surface area is 83.3 Å². The van der Waals surface area contributed by atoms with Crippen molar-refractivity contribution >= 4 is 5.69 Å². The van der Waals surface area contributed by atoms with Crippen molar-refractivity contribution in [3.05, 3.63) is 29.8 Å². The summed E-state index contributed by atoms with van der Waals surface area (Å²) in [5.41, 5.74) is 6.93. The number of benzene rings is 1. The van der Waals surface area contributed by atoms with Crippen LogP contribution in [0.2, 0.25) is 0 Å². The van der Waals surface area contributed by atoms with Gasteiger partial charge in [-0.15, -0.1) is 0 Å². The van der Waals surface area contributed by atoms with E-state index in [1.165, 1.54) is 0 Å². The third kappa shape index (κ3) is 1.73. The Balaban J connectivity index is 2.17. The van der Waals surface area contributed by atoms with Gasteiger partial charge in [-0.2, -0.15) is 0 Å². The normalized spacial score (nSPS) is 23.6. The van der Waals surface area contributed by atoms with Crippen LogP contribution in [0.5, 0.6) is 0 Å². The van der Waals surface area contributed by atoms with Crippen LogP contribution in [0, 0.1) is 5.92 Å². The zero-order valence-corrected chi connectivity index (χ0v) is 8.04. The van der Waals surface area contributed by atoms with Gasteiger partial charge in [0.25, 0.3) is 0 Å². The van der Waals surface area contributed by atoms with Crippen LogP contribution in [0.25, 0.3) is 0 Å². The van der Waals surface area contributed by atoms with Crippen molar-refractivity contribution in [1.29, 1.82) is 0 Å². The molecule has 1 aromatic carbocycles. The second-order valence-corrected chi connectivity index (χ2v) is 3.78. The molecule has 2 atom stereocenters. The lowest BCUT2D eigenvalue weighted by molar-refractivity contribution is 0.247. The molecule has 0 bridgehead atoms. The topological polar surface area (TPSA) is 38.0 Å². The number of rotatable bonds is 2. The molecular weight excluding hydrogens is 179 g/mol. The minimum Gasteiger partial charge on any atom is -0.398 e. The van der Waals surface area contributed by atoms with Crippen molar-refractivity contribution in [3.8, 4) is 0 Å². The first kappa shape index (κ1) is 9.46. The molecule has 2 rings (SSSR count). The zero-order valence-electron chi connectivity index (χ0n) is 8.04. The predicted octanol–water partition coefficient (Wildman–Crippen LogP) is 1.89. The maximum Gasteiger partial charge on any atom is 0.131 e. The van der Waals surface area contributed by atoms with Gasteiger partial charge in [0, 0.05) is 23.7 Å². The summed E-state index contributed by atoms with van der Waals surface area (Å²) in [4.78, 5) is 0. The molecule has 0 aliphatic carbocycles. The number of nitrogens with one attached hydrogen (secondary N) is 1. The number of anilines is 1. The largest absolute Gasteiger partial charge is 0.398 e. The molecule has 1 heterocycles. The van der Waals surface area contributed by atoms with E-state index < -0.39 is 6.17 Å². The van der Waals surface area contributed by atoms with E-state index in [-0.39, 0.29) is 5.92 Å². The van der Waals surface area contributed by atoms with Crippen molar-refractivity contribution < 1.29 is 4.39 Å². The van der Waals surface area contributed by atoms with Gasteiger partial charge in [-0.3, -0.25) is 0 Å². The first-order valence-electron chi connectivity index (χ1n) is 4.98. The molecule has 1 aliphatic heterocycles. The number of para-hydroxylation sites is 1. The average molecular weight is 194 g/mol. The number of hydrogen-bond acceptors (Lipinski definition) is 2. The molecule has 0 aromatic heterocycles. The molecule has 0 amide bonds. The SMILES string of the molecule is Nc1ccccc1C(F)C1CCNC1. The van der Waals surface area contributed by atoms with Gasteiger partial charge < -0.3 is 11.1 Å². The summed E-state index contributed by atoms with van der Waals surface area (Å²) in [6.45, 7) is 1.67. The van der Waals surface area contributed by atoms with Crippen molar-refractivity contribution in [2.75, 3.05) is 18.8 Å². The van der Waals surface area contributed by atoms with E-state index in [0.717, 1.165) is 19.5 Å². The first-order valence-corrected chi connectivity index (χ1v) is 4.98. The lowest BCUT2D eigenvalue weighted by atomic mass is 9.95. The molecule has 2 nitrogen and oxygen atoms in total. The number of nitrogen functional groups attached to an aromatic ring is 1. The zero-order chi connectivity index (χ0) is 9.97. The highest BCUT2D eigenvalue weighted by Gasteiger charge is 2.26. The van der Waals surface area contributed by atoms with Crippen LogP contribution in [0.15, 0.2) is 24.3 Å². The summed E-state index contributed by atoms with van der Waals surface area (Å²) in [5, 5.41) is 3.16. The van der Waals surface area contributed by atoms with Crippen molar-refractivity contribution in [2.24, 2.45) is 5.92 Å². The first-order chi connectivity index (χ1) is 6.79. The quantitative estimate of drug-likeness (QED) is 0.705. The van der Waals surface area contributed by atoms with Gasteiger partial charge in [0.1, 0.15) is 6.17 Å². The summed E-state index contributed by atoms with van der Waals surface area (Å²) < 4.78 is 14.0. The maximum absolute atomic E-state index is 14.0. The Bertz CT molecular complexity index is 308. The van der Waals surface area contributed by atoms with Crippen LogP contribution in [-0.2, 0) is 0 Å². The van der Waals surface area contributed by atoms with Crippen LogP contribution in [0.1, 0.15) is 18.2 Å². The van der Waals surface area contributed by atoms with Gasteiger partial charge in [-0.25, -0.2) is 4.39 Å². The average Bonchev–Trinajstić information content (AvgIpc) is 2.70. The summed E-state index contributed by atoms with van der Waals surface area (Å²) in [5.74, 6) is 0.0831. The molecule has 0 radical (unpaired) electrons. The second-order valence-electron chi connectivity index (χ2n) is 3.78. The minimum absolute atomic E-state index is 0.0831. The predicted molar refractivity (Wildman–Crippen MR) is 55.7 cm³/mol. The third-order valence-corrected chi connectivity index (χ3v) is 2.81. The molecular formula is C11H15FN2. The monoisotopic (exact) mass is 194 g/mol. The van der Waals surface area contributed by atoms with Gasteiger partial charge in [0.05, 0.1) is 0 Å². The Morgan fingerprint density at radius 3 is 2.86 bits per heavy atom. The Kier molecular flexibility index (Phi) is 2.68. The molecule has 14 heavy (non-hydrogen) atoms. The van der Waals surface area contributed by atoms with Crippen LogP contribution >= 0.6 is 0 Å². The second kappa shape index (κ2) is 3.96. The van der Waals surface area contributed by atoms with Crippen molar-refractivity contribution in [1.82, 2.24) is 5.32 Å². The third-order valence-electron chi connectivity index (χ3n) is 2.81. The molecule has 3 heteroatoms. The molecule has 1 aromatic rings. The minimum atomic E-state index is -0.925. The molecule has 0 saturated carbocycles. The highest BCUT2D eigenvalue weighted by Crippen LogP contribution is 2.33. The van der Waals surface area contributed by atoms with Gasteiger partial charge in [-0.05, 0) is 19.0 Å². The highest BCUT2D eigenvalue weighted by molar-refractivity contribution is 5.47. The number of halogens is 1. The van der Waals surface area contributed by atoms with E-state index in [1.807, 2.05) is 12.1 Å². The van der Waals surface area contributed by atoms with Crippen LogP contribution in [0.4, 0.5) is 10.1 Å². The molecule has 1 aliphatic rings. The van der Waals surface area contributed by atoms with E-state index in [1.54, 1.807) is 12.1 Å². The molecule has 1 fully saturated rings. The number of hydrogen-bond donors (Lipinski definition) is 2. The van der Waals surface area contributed by atoms with Crippen LogP contribution in [0.3, 0.4) is 0 Å². The van der Waals surface area contributed by atoms with Crippen molar-refractivity contribution in [3.63, 3.8) is 0 Å². The summed E-state index contributed by atoms with van der Waals surface area (Å²) in [6.07, 6.45) is -0.0265. The summed E-state index contributed by atoms with van der Waals surface area (Å²) in [7, 11) is 0. The van der Waals surface area contributed by atoms with Gasteiger partial charge in [0.15, 0.2) is 0 Å². The summed E-state index contributed by atoms with van der Waals surface area (Å²) in [6, 6.07) is 7.20.